The maximum absolute atomic E-state index is 11.9. The molecule has 82 valence electrons. The number of hydrogen-bond donors (Lipinski definition) is 0. The summed E-state index contributed by atoms with van der Waals surface area (Å²) in [5.74, 6) is 0.759. The van der Waals surface area contributed by atoms with E-state index in [-0.39, 0.29) is 5.43 Å². The molecule has 0 radical (unpaired) electrons. The summed E-state index contributed by atoms with van der Waals surface area (Å²) >= 11 is 2.02. The third-order valence-corrected chi connectivity index (χ3v) is 3.66. The Morgan fingerprint density at radius 1 is 1.38 bits per heavy atom. The van der Waals surface area contributed by atoms with Gasteiger partial charge in [0.25, 0.3) is 0 Å². The first-order valence-corrected chi connectivity index (χ1v) is 6.49. The Kier molecular flexibility index (Phi) is 2.46. The SMILES string of the molecule is O=c1c(I)nn(CC2CC2)c2ccccc12. The molecular formula is C12H11IN2O. The van der Waals surface area contributed by atoms with E-state index in [4.69, 9.17) is 0 Å². The van der Waals surface area contributed by atoms with Gasteiger partial charge >= 0.3 is 0 Å². The molecule has 1 fully saturated rings. The highest BCUT2D eigenvalue weighted by atomic mass is 127. The molecule has 0 unspecified atom stereocenters. The van der Waals surface area contributed by atoms with Crippen molar-refractivity contribution in [2.45, 2.75) is 19.4 Å². The smallest absolute Gasteiger partial charge is 0.221 e. The van der Waals surface area contributed by atoms with Crippen molar-refractivity contribution >= 4 is 33.5 Å². The number of halogens is 1. The van der Waals surface area contributed by atoms with Crippen LogP contribution in [-0.4, -0.2) is 9.78 Å². The summed E-state index contributed by atoms with van der Waals surface area (Å²) in [4.78, 5) is 11.9. The van der Waals surface area contributed by atoms with Gasteiger partial charge in [0, 0.05) is 6.54 Å². The zero-order valence-electron chi connectivity index (χ0n) is 8.69. The van der Waals surface area contributed by atoms with Crippen LogP contribution in [0.4, 0.5) is 0 Å². The maximum atomic E-state index is 11.9. The third kappa shape index (κ3) is 1.75. The average molecular weight is 326 g/mol. The number of rotatable bonds is 2. The fourth-order valence-corrected chi connectivity index (χ4v) is 2.44. The lowest BCUT2D eigenvalue weighted by molar-refractivity contribution is 0.566. The van der Waals surface area contributed by atoms with Crippen LogP contribution in [0, 0.1) is 9.62 Å². The molecule has 16 heavy (non-hydrogen) atoms. The van der Waals surface area contributed by atoms with Crippen molar-refractivity contribution in [3.63, 3.8) is 0 Å². The highest BCUT2D eigenvalue weighted by Crippen LogP contribution is 2.31. The van der Waals surface area contributed by atoms with Crippen molar-refractivity contribution in [1.29, 1.82) is 0 Å². The van der Waals surface area contributed by atoms with Crippen molar-refractivity contribution in [3.05, 3.63) is 38.2 Å². The van der Waals surface area contributed by atoms with Crippen LogP contribution in [0.5, 0.6) is 0 Å². The zero-order chi connectivity index (χ0) is 11.1. The Balaban J connectivity index is 2.26. The zero-order valence-corrected chi connectivity index (χ0v) is 10.8. The predicted molar refractivity (Wildman–Crippen MR) is 71.4 cm³/mol. The first kappa shape index (κ1) is 10.3. The van der Waals surface area contributed by atoms with Crippen molar-refractivity contribution < 1.29 is 0 Å². The Morgan fingerprint density at radius 3 is 2.88 bits per heavy atom. The second-order valence-corrected chi connectivity index (χ2v) is 5.28. The summed E-state index contributed by atoms with van der Waals surface area (Å²) in [5.41, 5.74) is 1.00. The van der Waals surface area contributed by atoms with E-state index in [0.717, 1.165) is 23.4 Å². The number of fused-ring (bicyclic) bond motifs is 1. The van der Waals surface area contributed by atoms with Crippen LogP contribution in [0.3, 0.4) is 0 Å². The van der Waals surface area contributed by atoms with E-state index in [0.29, 0.717) is 3.70 Å². The highest BCUT2D eigenvalue weighted by molar-refractivity contribution is 14.1. The minimum atomic E-state index is 0.0447. The molecule has 0 spiro atoms. The summed E-state index contributed by atoms with van der Waals surface area (Å²) < 4.78 is 2.55. The van der Waals surface area contributed by atoms with E-state index in [1.807, 2.05) is 51.5 Å². The van der Waals surface area contributed by atoms with Crippen LogP contribution in [0.1, 0.15) is 12.8 Å². The van der Waals surface area contributed by atoms with Crippen molar-refractivity contribution in [3.8, 4) is 0 Å². The second-order valence-electron chi connectivity index (χ2n) is 4.26. The molecule has 1 saturated carbocycles. The maximum Gasteiger partial charge on any atom is 0.221 e. The lowest BCUT2D eigenvalue weighted by Crippen LogP contribution is -2.17. The van der Waals surface area contributed by atoms with E-state index in [1.165, 1.54) is 12.8 Å². The Labute approximate surface area is 107 Å². The Hall–Kier alpha value is -0.910. The van der Waals surface area contributed by atoms with Crippen LogP contribution in [0.25, 0.3) is 10.9 Å². The molecule has 0 N–H and O–H groups in total. The molecule has 1 aliphatic rings. The molecule has 0 bridgehead atoms. The molecule has 4 heteroatoms. The van der Waals surface area contributed by atoms with Gasteiger partial charge in [0.05, 0.1) is 10.9 Å². The summed E-state index contributed by atoms with van der Waals surface area (Å²) in [6.45, 7) is 0.941. The topological polar surface area (TPSA) is 34.9 Å². The van der Waals surface area contributed by atoms with Gasteiger partial charge in [-0.2, -0.15) is 5.10 Å². The average Bonchev–Trinajstić information content (AvgIpc) is 3.10. The van der Waals surface area contributed by atoms with Gasteiger partial charge in [-0.25, -0.2) is 0 Å². The predicted octanol–water partition coefficient (Wildman–Crippen LogP) is 2.41. The number of nitrogens with zero attached hydrogens (tertiary/aromatic N) is 2. The van der Waals surface area contributed by atoms with Crippen LogP contribution < -0.4 is 5.43 Å². The van der Waals surface area contributed by atoms with Gasteiger partial charge in [0.1, 0.15) is 0 Å². The van der Waals surface area contributed by atoms with Crippen LogP contribution in [0.2, 0.25) is 0 Å². The molecule has 1 aliphatic carbocycles. The molecule has 3 rings (SSSR count). The largest absolute Gasteiger partial charge is 0.286 e. The number of para-hydroxylation sites is 1. The summed E-state index contributed by atoms with van der Waals surface area (Å²) in [5, 5.41) is 5.15. The fraction of sp³-hybridized carbons (Fsp3) is 0.333. The monoisotopic (exact) mass is 326 g/mol. The number of benzene rings is 1. The van der Waals surface area contributed by atoms with E-state index in [9.17, 15) is 4.79 Å². The minimum absolute atomic E-state index is 0.0447. The molecule has 1 heterocycles. The van der Waals surface area contributed by atoms with Crippen LogP contribution >= 0.6 is 22.6 Å². The molecule has 1 aromatic carbocycles. The normalized spacial score (nSPS) is 15.6. The third-order valence-electron chi connectivity index (χ3n) is 2.95. The number of aromatic nitrogens is 2. The molecule has 0 aliphatic heterocycles. The lowest BCUT2D eigenvalue weighted by atomic mass is 10.2. The van der Waals surface area contributed by atoms with Crippen molar-refractivity contribution in [2.24, 2.45) is 5.92 Å². The standard InChI is InChI=1S/C12H11IN2O/c13-12-11(16)9-3-1-2-4-10(9)15(14-12)7-8-5-6-8/h1-4,8H,5-7H2. The van der Waals surface area contributed by atoms with Gasteiger partial charge in [0.2, 0.25) is 5.43 Å². The highest BCUT2D eigenvalue weighted by Gasteiger charge is 2.23. The molecule has 0 saturated heterocycles. The molecule has 0 atom stereocenters. The summed E-state index contributed by atoms with van der Waals surface area (Å²) in [6.07, 6.45) is 2.58. The molecule has 1 aromatic heterocycles. The fourth-order valence-electron chi connectivity index (χ4n) is 1.89. The molecular weight excluding hydrogens is 315 g/mol. The van der Waals surface area contributed by atoms with E-state index in [2.05, 4.69) is 5.10 Å². The lowest BCUT2D eigenvalue weighted by Gasteiger charge is -2.09. The van der Waals surface area contributed by atoms with E-state index < -0.39 is 0 Å². The molecule has 3 nitrogen and oxygen atoms in total. The minimum Gasteiger partial charge on any atom is -0.286 e. The van der Waals surface area contributed by atoms with E-state index >= 15 is 0 Å². The molecule has 2 aromatic rings. The molecule has 0 amide bonds. The van der Waals surface area contributed by atoms with E-state index in [1.54, 1.807) is 0 Å². The quantitative estimate of drug-likeness (QED) is 0.795. The Morgan fingerprint density at radius 2 is 2.12 bits per heavy atom. The van der Waals surface area contributed by atoms with Gasteiger partial charge in [-0.1, -0.05) is 12.1 Å². The first-order chi connectivity index (χ1) is 7.75. The van der Waals surface area contributed by atoms with Gasteiger partial charge in [-0.3, -0.25) is 9.48 Å². The van der Waals surface area contributed by atoms with Crippen molar-refractivity contribution in [1.82, 2.24) is 9.78 Å². The van der Waals surface area contributed by atoms with Gasteiger partial charge in [-0.15, -0.1) is 0 Å². The van der Waals surface area contributed by atoms with Gasteiger partial charge in [-0.05, 0) is 53.5 Å². The van der Waals surface area contributed by atoms with Crippen LogP contribution in [-0.2, 0) is 6.54 Å². The summed E-state index contributed by atoms with van der Waals surface area (Å²) in [7, 11) is 0. The first-order valence-electron chi connectivity index (χ1n) is 5.41. The van der Waals surface area contributed by atoms with Gasteiger partial charge < -0.3 is 0 Å². The Bertz CT molecular complexity index is 601. The van der Waals surface area contributed by atoms with Gasteiger partial charge in [0.15, 0.2) is 3.70 Å². The van der Waals surface area contributed by atoms with Crippen molar-refractivity contribution in [2.75, 3.05) is 0 Å². The van der Waals surface area contributed by atoms with Crippen LogP contribution in [0.15, 0.2) is 29.1 Å². The number of hydrogen-bond acceptors (Lipinski definition) is 2. The second kappa shape index (κ2) is 3.84. The summed E-state index contributed by atoms with van der Waals surface area (Å²) in [6, 6.07) is 7.72.